The molecule has 2 aromatic carbocycles. The van der Waals surface area contributed by atoms with Crippen molar-refractivity contribution in [3.05, 3.63) is 70.8 Å². The summed E-state index contributed by atoms with van der Waals surface area (Å²) in [6.07, 6.45) is 0. The maximum atomic E-state index is 12.1. The Balaban J connectivity index is 1.98. The van der Waals surface area contributed by atoms with Crippen molar-refractivity contribution in [2.24, 2.45) is 5.73 Å². The van der Waals surface area contributed by atoms with E-state index in [9.17, 15) is 4.79 Å². The van der Waals surface area contributed by atoms with Gasteiger partial charge >= 0.3 is 0 Å². The third kappa shape index (κ3) is 3.91. The van der Waals surface area contributed by atoms with Crippen molar-refractivity contribution in [2.45, 2.75) is 19.5 Å². The summed E-state index contributed by atoms with van der Waals surface area (Å²) >= 11 is 0. The average molecular weight is 279 g/mol. The number of hydrogen-bond donors (Lipinski definition) is 2. The molecule has 106 valence electrons. The quantitative estimate of drug-likeness (QED) is 0.900. The minimum atomic E-state index is -0.690. The van der Waals surface area contributed by atoms with E-state index in [1.54, 1.807) is 18.2 Å². The van der Waals surface area contributed by atoms with Crippen LogP contribution in [-0.4, -0.2) is 5.91 Å². The number of nitriles is 1. The van der Waals surface area contributed by atoms with Crippen LogP contribution in [0.3, 0.4) is 0 Å². The summed E-state index contributed by atoms with van der Waals surface area (Å²) < 4.78 is 0. The van der Waals surface area contributed by atoms with Gasteiger partial charge in [-0.1, -0.05) is 42.0 Å². The molecule has 4 nitrogen and oxygen atoms in total. The lowest BCUT2D eigenvalue weighted by Crippen LogP contribution is -2.33. The molecule has 2 rings (SSSR count). The Bertz CT molecular complexity index is 671. The number of hydrogen-bond acceptors (Lipinski definition) is 3. The number of carbonyl (C=O) groups excluding carboxylic acids is 1. The van der Waals surface area contributed by atoms with E-state index in [4.69, 9.17) is 11.0 Å². The van der Waals surface area contributed by atoms with Crippen LogP contribution in [-0.2, 0) is 11.3 Å². The Morgan fingerprint density at radius 1 is 1.29 bits per heavy atom. The topological polar surface area (TPSA) is 78.9 Å². The van der Waals surface area contributed by atoms with Gasteiger partial charge < -0.3 is 11.1 Å². The lowest BCUT2D eigenvalue weighted by molar-refractivity contribution is -0.122. The van der Waals surface area contributed by atoms with E-state index in [0.29, 0.717) is 12.1 Å². The summed E-state index contributed by atoms with van der Waals surface area (Å²) in [6, 6.07) is 16.1. The molecule has 1 amide bonds. The molecule has 0 saturated heterocycles. The van der Waals surface area contributed by atoms with Crippen LogP contribution < -0.4 is 11.1 Å². The third-order valence-corrected chi connectivity index (χ3v) is 3.24. The summed E-state index contributed by atoms with van der Waals surface area (Å²) in [5.74, 6) is -0.235. The number of nitrogens with zero attached hydrogens (tertiary/aromatic N) is 1. The molecule has 0 saturated carbocycles. The van der Waals surface area contributed by atoms with Gasteiger partial charge in [0.2, 0.25) is 5.91 Å². The first-order valence-electron chi connectivity index (χ1n) is 6.69. The third-order valence-electron chi connectivity index (χ3n) is 3.24. The number of nitrogens with two attached hydrogens (primary N) is 1. The summed E-state index contributed by atoms with van der Waals surface area (Å²) in [5.41, 5.74) is 9.30. The predicted molar refractivity (Wildman–Crippen MR) is 81.1 cm³/mol. The lowest BCUT2D eigenvalue weighted by atomic mass is 10.1. The fraction of sp³-hybridized carbons (Fsp3) is 0.176. The normalized spacial score (nSPS) is 11.5. The van der Waals surface area contributed by atoms with Crippen molar-refractivity contribution in [3.63, 3.8) is 0 Å². The van der Waals surface area contributed by atoms with Gasteiger partial charge in [-0.15, -0.1) is 0 Å². The SMILES string of the molecule is Cc1ccc(C(N)C(=O)NCc2cccc(C#N)c2)cc1. The minimum Gasteiger partial charge on any atom is -0.350 e. The first-order chi connectivity index (χ1) is 10.1. The Labute approximate surface area is 124 Å². The van der Waals surface area contributed by atoms with Crippen LogP contribution in [0.4, 0.5) is 0 Å². The van der Waals surface area contributed by atoms with Crippen molar-refractivity contribution in [3.8, 4) is 6.07 Å². The zero-order valence-corrected chi connectivity index (χ0v) is 11.8. The second-order valence-corrected chi connectivity index (χ2v) is 4.92. The fourth-order valence-electron chi connectivity index (χ4n) is 1.98. The summed E-state index contributed by atoms with van der Waals surface area (Å²) in [7, 11) is 0. The van der Waals surface area contributed by atoms with Gasteiger partial charge in [0.15, 0.2) is 0 Å². The van der Waals surface area contributed by atoms with Gasteiger partial charge in [-0.25, -0.2) is 0 Å². The first kappa shape index (κ1) is 14.8. The van der Waals surface area contributed by atoms with Crippen LogP contribution in [0.2, 0.25) is 0 Å². The molecular weight excluding hydrogens is 262 g/mol. The number of rotatable bonds is 4. The van der Waals surface area contributed by atoms with Gasteiger partial charge in [-0.05, 0) is 30.2 Å². The Morgan fingerprint density at radius 3 is 2.67 bits per heavy atom. The molecule has 0 aromatic heterocycles. The van der Waals surface area contributed by atoms with E-state index in [1.165, 1.54) is 0 Å². The van der Waals surface area contributed by atoms with Gasteiger partial charge in [0.1, 0.15) is 6.04 Å². The number of benzene rings is 2. The molecular formula is C17H17N3O. The number of aryl methyl sites for hydroxylation is 1. The van der Waals surface area contributed by atoms with Gasteiger partial charge in [0.25, 0.3) is 0 Å². The van der Waals surface area contributed by atoms with Crippen molar-refractivity contribution in [2.75, 3.05) is 0 Å². The van der Waals surface area contributed by atoms with E-state index in [0.717, 1.165) is 16.7 Å². The van der Waals surface area contributed by atoms with Crippen molar-refractivity contribution in [1.29, 1.82) is 5.26 Å². The largest absolute Gasteiger partial charge is 0.350 e. The second-order valence-electron chi connectivity index (χ2n) is 4.92. The van der Waals surface area contributed by atoms with Gasteiger partial charge in [0, 0.05) is 6.54 Å². The van der Waals surface area contributed by atoms with Gasteiger partial charge in [-0.2, -0.15) is 5.26 Å². The number of carbonyl (C=O) groups is 1. The molecule has 0 heterocycles. The molecule has 0 spiro atoms. The molecule has 1 unspecified atom stereocenters. The number of amides is 1. The molecule has 4 heteroatoms. The highest BCUT2D eigenvalue weighted by atomic mass is 16.2. The molecule has 0 radical (unpaired) electrons. The van der Waals surface area contributed by atoms with Crippen LogP contribution in [0.25, 0.3) is 0 Å². The summed E-state index contributed by atoms with van der Waals surface area (Å²) in [4.78, 5) is 12.1. The predicted octanol–water partition coefficient (Wildman–Crippen LogP) is 2.18. The van der Waals surface area contributed by atoms with E-state index in [2.05, 4.69) is 11.4 Å². The molecule has 2 aromatic rings. The minimum absolute atomic E-state index is 0.235. The van der Waals surface area contributed by atoms with Crippen LogP contribution in [0, 0.1) is 18.3 Å². The standard InChI is InChI=1S/C17H17N3O/c1-12-5-7-15(8-6-12)16(19)17(21)20-11-14-4-2-3-13(9-14)10-18/h2-9,16H,11,19H2,1H3,(H,20,21). The highest BCUT2D eigenvalue weighted by molar-refractivity contribution is 5.82. The Hall–Kier alpha value is -2.64. The van der Waals surface area contributed by atoms with E-state index >= 15 is 0 Å². The van der Waals surface area contributed by atoms with Crippen LogP contribution in [0.15, 0.2) is 48.5 Å². The molecule has 0 aliphatic rings. The average Bonchev–Trinajstić information content (AvgIpc) is 2.53. The maximum absolute atomic E-state index is 12.1. The molecule has 0 aliphatic carbocycles. The molecule has 1 atom stereocenters. The summed E-state index contributed by atoms with van der Waals surface area (Å²) in [5, 5.41) is 11.6. The van der Waals surface area contributed by atoms with Crippen molar-refractivity contribution in [1.82, 2.24) is 5.32 Å². The molecule has 0 fully saturated rings. The second kappa shape index (κ2) is 6.69. The Kier molecular flexibility index (Phi) is 4.70. The van der Waals surface area contributed by atoms with Gasteiger partial charge in [-0.3, -0.25) is 4.79 Å². The monoisotopic (exact) mass is 279 g/mol. The smallest absolute Gasteiger partial charge is 0.241 e. The molecule has 3 N–H and O–H groups in total. The fourth-order valence-corrected chi connectivity index (χ4v) is 1.98. The Morgan fingerprint density at radius 2 is 2.00 bits per heavy atom. The molecule has 21 heavy (non-hydrogen) atoms. The molecule has 0 bridgehead atoms. The van der Waals surface area contributed by atoms with E-state index < -0.39 is 6.04 Å². The zero-order valence-electron chi connectivity index (χ0n) is 11.8. The van der Waals surface area contributed by atoms with E-state index in [-0.39, 0.29) is 5.91 Å². The van der Waals surface area contributed by atoms with Crippen LogP contribution >= 0.6 is 0 Å². The first-order valence-corrected chi connectivity index (χ1v) is 6.69. The highest BCUT2D eigenvalue weighted by Crippen LogP contribution is 2.12. The van der Waals surface area contributed by atoms with Crippen molar-refractivity contribution < 1.29 is 4.79 Å². The highest BCUT2D eigenvalue weighted by Gasteiger charge is 2.15. The van der Waals surface area contributed by atoms with Crippen LogP contribution in [0.1, 0.15) is 28.3 Å². The number of nitrogens with one attached hydrogen (secondary N) is 1. The van der Waals surface area contributed by atoms with Gasteiger partial charge in [0.05, 0.1) is 11.6 Å². The zero-order chi connectivity index (χ0) is 15.2. The molecule has 0 aliphatic heterocycles. The van der Waals surface area contributed by atoms with E-state index in [1.807, 2.05) is 37.3 Å². The van der Waals surface area contributed by atoms with Crippen LogP contribution in [0.5, 0.6) is 0 Å². The van der Waals surface area contributed by atoms with Crippen molar-refractivity contribution >= 4 is 5.91 Å². The maximum Gasteiger partial charge on any atom is 0.241 e. The lowest BCUT2D eigenvalue weighted by Gasteiger charge is -2.13. The summed E-state index contributed by atoms with van der Waals surface area (Å²) in [6.45, 7) is 2.34.